The summed E-state index contributed by atoms with van der Waals surface area (Å²) in [5.41, 5.74) is -0.473. The Morgan fingerprint density at radius 3 is 2.00 bits per heavy atom. The van der Waals surface area contributed by atoms with E-state index in [0.29, 0.717) is 0 Å². The number of nitrogens with one attached hydrogen (secondary N) is 1. The van der Waals surface area contributed by atoms with Gasteiger partial charge in [0, 0.05) is 6.54 Å². The first-order valence-corrected chi connectivity index (χ1v) is 5.26. The summed E-state index contributed by atoms with van der Waals surface area (Å²) >= 11 is 0. The van der Waals surface area contributed by atoms with Crippen molar-refractivity contribution in [1.82, 2.24) is 5.32 Å². The molecule has 15 heavy (non-hydrogen) atoms. The van der Waals surface area contributed by atoms with Crippen molar-refractivity contribution < 1.29 is 14.6 Å². The summed E-state index contributed by atoms with van der Waals surface area (Å²) in [6, 6.07) is 0. The van der Waals surface area contributed by atoms with Crippen LogP contribution >= 0.6 is 0 Å². The van der Waals surface area contributed by atoms with Gasteiger partial charge in [0.05, 0.1) is 6.61 Å². The van der Waals surface area contributed by atoms with Crippen molar-refractivity contribution in [2.45, 2.75) is 47.1 Å². The molecule has 0 bridgehead atoms. The number of hydrogen-bond donors (Lipinski definition) is 2. The van der Waals surface area contributed by atoms with Crippen LogP contribution in [0.4, 0.5) is 4.79 Å². The van der Waals surface area contributed by atoms with Crippen molar-refractivity contribution in [3.8, 4) is 0 Å². The normalized spacial score (nSPS) is 10.4. The van der Waals surface area contributed by atoms with E-state index < -0.39 is 11.7 Å². The van der Waals surface area contributed by atoms with E-state index in [1.165, 1.54) is 0 Å². The Kier molecular flexibility index (Phi) is 9.47. The second-order valence-corrected chi connectivity index (χ2v) is 4.88. The largest absolute Gasteiger partial charge is 0.444 e. The molecule has 0 atom stereocenters. The van der Waals surface area contributed by atoms with Gasteiger partial charge in [0.25, 0.3) is 0 Å². The smallest absolute Gasteiger partial charge is 0.407 e. The minimum absolute atomic E-state index is 0.0702. The van der Waals surface area contributed by atoms with Crippen LogP contribution < -0.4 is 5.32 Å². The molecule has 0 aliphatic carbocycles. The maximum Gasteiger partial charge on any atom is 0.407 e. The van der Waals surface area contributed by atoms with Crippen molar-refractivity contribution in [3.05, 3.63) is 0 Å². The summed E-state index contributed by atoms with van der Waals surface area (Å²) in [6.45, 7) is 12.0. The third-order valence-corrected chi connectivity index (χ3v) is 0.780. The number of hydrogen-bond acceptors (Lipinski definition) is 3. The second-order valence-electron chi connectivity index (χ2n) is 4.88. The van der Waals surface area contributed by atoms with Crippen molar-refractivity contribution in [1.29, 1.82) is 0 Å². The number of aliphatic hydroxyl groups excluding tert-OH is 1. The van der Waals surface area contributed by atoms with E-state index in [9.17, 15) is 4.79 Å². The predicted molar refractivity (Wildman–Crippen MR) is 61.8 cm³/mol. The molecule has 4 nitrogen and oxygen atoms in total. The number of alkyl carbamates (subject to hydrolysis) is 1. The minimum atomic E-state index is -0.494. The predicted octanol–water partition coefficient (Wildman–Crippen LogP) is 2.17. The fraction of sp³-hybridized carbons (Fsp3) is 0.909. The first-order valence-electron chi connectivity index (χ1n) is 5.26. The number of carbonyl (C=O) groups excluding carboxylic acids is 1. The van der Waals surface area contributed by atoms with Gasteiger partial charge in [0.1, 0.15) is 5.60 Å². The van der Waals surface area contributed by atoms with Crippen LogP contribution in [-0.4, -0.2) is 30.0 Å². The van der Waals surface area contributed by atoms with Crippen LogP contribution in [0.3, 0.4) is 0 Å². The van der Waals surface area contributed by atoms with E-state index in [1.807, 2.05) is 0 Å². The summed E-state index contributed by atoms with van der Waals surface area (Å²) in [4.78, 5) is 10.8. The lowest BCUT2D eigenvalue weighted by Crippen LogP contribution is -2.33. The Labute approximate surface area is 93.0 Å². The summed E-state index contributed by atoms with van der Waals surface area (Å²) in [7, 11) is 0. The highest BCUT2D eigenvalue weighted by Crippen LogP contribution is 2.05. The molecule has 0 saturated carbocycles. The van der Waals surface area contributed by atoms with E-state index in [2.05, 4.69) is 26.1 Å². The molecule has 0 aromatic heterocycles. The molecule has 0 aliphatic rings. The summed E-state index contributed by atoms with van der Waals surface area (Å²) < 4.78 is 4.88. The highest BCUT2D eigenvalue weighted by Gasteiger charge is 2.14. The summed E-state index contributed by atoms with van der Waals surface area (Å²) in [5, 5.41) is 10.7. The van der Waals surface area contributed by atoms with E-state index in [1.54, 1.807) is 20.8 Å². The standard InChI is InChI=1S/C7H15NO3.C4H10/c1-7(2,3)11-6(10)8-4-5-9;1-4(2)3/h9H,4-5H2,1-3H3,(H,8,10);4H,1-3H3. The highest BCUT2D eigenvalue weighted by atomic mass is 16.6. The molecular formula is C11H25NO3. The van der Waals surface area contributed by atoms with Gasteiger partial charge in [-0.1, -0.05) is 20.8 Å². The SMILES string of the molecule is CC(C)(C)OC(=O)NCCO.CC(C)C. The monoisotopic (exact) mass is 219 g/mol. The van der Waals surface area contributed by atoms with Crippen LogP contribution in [0.2, 0.25) is 0 Å². The maximum atomic E-state index is 10.8. The lowest BCUT2D eigenvalue weighted by Gasteiger charge is -2.19. The third kappa shape index (κ3) is 24.6. The van der Waals surface area contributed by atoms with Gasteiger partial charge in [-0.15, -0.1) is 0 Å². The summed E-state index contributed by atoms with van der Waals surface area (Å²) in [5.74, 6) is 0.833. The fourth-order valence-corrected chi connectivity index (χ4v) is 0.472. The van der Waals surface area contributed by atoms with Gasteiger partial charge >= 0.3 is 6.09 Å². The molecule has 0 saturated heterocycles. The van der Waals surface area contributed by atoms with Crippen LogP contribution in [0.15, 0.2) is 0 Å². The van der Waals surface area contributed by atoms with E-state index in [4.69, 9.17) is 9.84 Å². The second kappa shape index (κ2) is 8.53. The van der Waals surface area contributed by atoms with Gasteiger partial charge in [-0.05, 0) is 26.7 Å². The molecule has 0 spiro atoms. The molecule has 0 rings (SSSR count). The molecule has 2 N–H and O–H groups in total. The van der Waals surface area contributed by atoms with Crippen molar-refractivity contribution in [2.24, 2.45) is 5.92 Å². The van der Waals surface area contributed by atoms with E-state index in [-0.39, 0.29) is 13.2 Å². The lowest BCUT2D eigenvalue weighted by atomic mass is 10.2. The van der Waals surface area contributed by atoms with Crippen molar-refractivity contribution >= 4 is 6.09 Å². The van der Waals surface area contributed by atoms with Gasteiger partial charge < -0.3 is 15.2 Å². The number of amides is 1. The first-order chi connectivity index (χ1) is 6.69. The Balaban J connectivity index is 0. The van der Waals surface area contributed by atoms with Crippen molar-refractivity contribution in [3.63, 3.8) is 0 Å². The van der Waals surface area contributed by atoms with Gasteiger partial charge in [-0.25, -0.2) is 4.79 Å². The molecule has 0 aromatic rings. The highest BCUT2D eigenvalue weighted by molar-refractivity contribution is 5.67. The van der Waals surface area contributed by atoms with Gasteiger partial charge in [0.15, 0.2) is 0 Å². The Bertz CT molecular complexity index is 159. The molecular weight excluding hydrogens is 194 g/mol. The van der Waals surface area contributed by atoms with Crippen LogP contribution in [0.5, 0.6) is 0 Å². The average Bonchev–Trinajstić information content (AvgIpc) is 1.96. The minimum Gasteiger partial charge on any atom is -0.444 e. The fourth-order valence-electron chi connectivity index (χ4n) is 0.472. The number of ether oxygens (including phenoxy) is 1. The van der Waals surface area contributed by atoms with E-state index in [0.717, 1.165) is 5.92 Å². The third-order valence-electron chi connectivity index (χ3n) is 0.780. The zero-order chi connectivity index (χ0) is 12.5. The first kappa shape index (κ1) is 16.7. The number of carbonyl (C=O) groups is 1. The Hall–Kier alpha value is -0.770. The lowest BCUT2D eigenvalue weighted by molar-refractivity contribution is 0.0518. The Morgan fingerprint density at radius 2 is 1.73 bits per heavy atom. The van der Waals surface area contributed by atoms with Crippen LogP contribution in [0.25, 0.3) is 0 Å². The number of rotatable bonds is 2. The molecule has 0 radical (unpaired) electrons. The molecule has 0 unspecified atom stereocenters. The summed E-state index contributed by atoms with van der Waals surface area (Å²) in [6.07, 6.45) is -0.494. The molecule has 0 heterocycles. The molecule has 0 aliphatic heterocycles. The number of aliphatic hydroxyl groups is 1. The van der Waals surface area contributed by atoms with Gasteiger partial charge in [-0.3, -0.25) is 0 Å². The molecule has 1 amide bonds. The van der Waals surface area contributed by atoms with Crippen molar-refractivity contribution in [2.75, 3.05) is 13.2 Å². The molecule has 92 valence electrons. The topological polar surface area (TPSA) is 58.6 Å². The van der Waals surface area contributed by atoms with Gasteiger partial charge in [0.2, 0.25) is 0 Å². The van der Waals surface area contributed by atoms with Crippen LogP contribution in [0, 0.1) is 5.92 Å². The zero-order valence-electron chi connectivity index (χ0n) is 10.8. The van der Waals surface area contributed by atoms with Gasteiger partial charge in [-0.2, -0.15) is 0 Å². The van der Waals surface area contributed by atoms with Crippen LogP contribution in [0.1, 0.15) is 41.5 Å². The molecule has 4 heteroatoms. The molecule has 0 aromatic carbocycles. The quantitative estimate of drug-likeness (QED) is 0.748. The van der Waals surface area contributed by atoms with Crippen LogP contribution in [-0.2, 0) is 4.74 Å². The van der Waals surface area contributed by atoms with E-state index >= 15 is 0 Å². The Morgan fingerprint density at radius 1 is 1.33 bits per heavy atom. The average molecular weight is 219 g/mol. The zero-order valence-corrected chi connectivity index (χ0v) is 10.8. The maximum absolute atomic E-state index is 10.8. The molecule has 0 fully saturated rings.